The van der Waals surface area contributed by atoms with E-state index in [2.05, 4.69) is 32.9 Å². The van der Waals surface area contributed by atoms with Gasteiger partial charge in [-0.15, -0.1) is 0 Å². The first-order valence-corrected chi connectivity index (χ1v) is 23.5. The third kappa shape index (κ3) is 13.3. The lowest BCUT2D eigenvalue weighted by molar-refractivity contribution is -0.346. The zero-order chi connectivity index (χ0) is 45.9. The second-order valence-electron chi connectivity index (χ2n) is 19.4. The number of ether oxygens (including phenoxy) is 5. The van der Waals surface area contributed by atoms with E-state index in [9.17, 15) is 34.8 Å². The minimum atomic E-state index is -2.32. The highest BCUT2D eigenvalue weighted by Gasteiger charge is 2.56. The highest BCUT2D eigenvalue weighted by molar-refractivity contribution is 5.88. The highest BCUT2D eigenvalue weighted by Crippen LogP contribution is 2.40. The molecule has 0 aromatic rings. The fourth-order valence-electron chi connectivity index (χ4n) is 10.1. The van der Waals surface area contributed by atoms with Gasteiger partial charge < -0.3 is 49.0 Å². The molecule has 2 bridgehead atoms. The molecule has 1 unspecified atom stereocenters. The quantitative estimate of drug-likeness (QED) is 0.144. The normalized spacial score (nSPS) is 40.5. The Hall–Kier alpha value is -2.49. The SMILES string of the molecule is CC[C@@H](C)C/C=C/C[C@@H]1/C=C(\C)C[C@H](C)C[C@H](OC)[C@H]2O[C@@](O)(C(O)C(=O)N3CCCC[C@H]3C(=O)O[C@H](/C(C)=C/[C@@H]3CC[C@@H](O)[C@H](OC)C3)[C@H](C)[C@@H](O)CC1=O)[C@H](C)C[C@@H]2OC. The van der Waals surface area contributed by atoms with Crippen molar-refractivity contribution >= 4 is 17.7 Å². The Balaban J connectivity index is 1.79. The van der Waals surface area contributed by atoms with Gasteiger partial charge in [-0.25, -0.2) is 4.79 Å². The Labute approximate surface area is 371 Å². The van der Waals surface area contributed by atoms with Gasteiger partial charge in [0.05, 0.1) is 30.5 Å². The van der Waals surface area contributed by atoms with Gasteiger partial charge in [-0.1, -0.05) is 70.9 Å². The number of hydrogen-bond donors (Lipinski definition) is 4. The number of Topliss-reactive ketones (excluding diaryl/α,β-unsaturated/α-hetero) is 1. The number of piperidine rings is 1. The molecule has 13 heteroatoms. The van der Waals surface area contributed by atoms with Crippen LogP contribution in [0.1, 0.15) is 132 Å². The van der Waals surface area contributed by atoms with Crippen molar-refractivity contribution in [2.45, 2.75) is 193 Å². The number of cyclic esters (lactones) is 1. The Morgan fingerprint density at radius 1 is 0.919 bits per heavy atom. The van der Waals surface area contributed by atoms with Crippen LogP contribution in [0.25, 0.3) is 0 Å². The van der Waals surface area contributed by atoms with Crippen LogP contribution < -0.4 is 0 Å². The number of hydrogen-bond acceptors (Lipinski definition) is 12. The second-order valence-corrected chi connectivity index (χ2v) is 19.4. The lowest BCUT2D eigenvalue weighted by Gasteiger charge is -2.49. The summed E-state index contributed by atoms with van der Waals surface area (Å²) in [5.41, 5.74) is 1.68. The summed E-state index contributed by atoms with van der Waals surface area (Å²) in [5, 5.41) is 46.5. The van der Waals surface area contributed by atoms with Crippen LogP contribution in [0.2, 0.25) is 0 Å². The Bertz CT molecular complexity index is 1550. The van der Waals surface area contributed by atoms with E-state index in [-0.39, 0.29) is 49.5 Å². The number of nitrogens with zero attached hydrogens (tertiary/aromatic N) is 1. The van der Waals surface area contributed by atoms with Crippen LogP contribution in [-0.4, -0.2) is 132 Å². The molecular formula is C49H81NO12. The van der Waals surface area contributed by atoms with E-state index in [1.54, 1.807) is 35.2 Å². The molecule has 62 heavy (non-hydrogen) atoms. The molecule has 3 aliphatic heterocycles. The van der Waals surface area contributed by atoms with Crippen molar-refractivity contribution in [2.24, 2.45) is 35.5 Å². The van der Waals surface area contributed by atoms with E-state index in [1.165, 1.54) is 4.90 Å². The molecular weight excluding hydrogens is 795 g/mol. The van der Waals surface area contributed by atoms with Crippen LogP contribution in [0.4, 0.5) is 0 Å². The van der Waals surface area contributed by atoms with Crippen LogP contribution in [0.3, 0.4) is 0 Å². The van der Waals surface area contributed by atoms with Crippen molar-refractivity contribution in [2.75, 3.05) is 27.9 Å². The molecule has 3 heterocycles. The number of methoxy groups -OCH3 is 3. The summed E-state index contributed by atoms with van der Waals surface area (Å²) in [6.07, 6.45) is 8.10. The lowest BCUT2D eigenvalue weighted by Crippen LogP contribution is -2.66. The summed E-state index contributed by atoms with van der Waals surface area (Å²) in [6, 6.07) is -1.08. The Morgan fingerprint density at radius 2 is 1.60 bits per heavy atom. The van der Waals surface area contributed by atoms with Crippen LogP contribution in [-0.2, 0) is 38.1 Å². The standard InChI is InChI=1S/C49H81NO12/c1-11-29(2)16-12-13-17-36-23-30(3)22-31(4)24-42(59-9)45-43(60-10)26-33(6)49(57,62-45)46(54)47(55)50-21-15-14-18-37(50)48(56)61-44(34(7)39(52)28-40(36)53)32(5)25-35-19-20-38(51)41(27-35)58-8/h12-13,23,25,29,31,33-39,41-46,51-52,54,57H,11,14-22,24,26-28H2,1-10H3/b13-12+,30-23+,32-25+/t29-,31+,33-,34-,35+,36-,37+,38-,39+,41-,42+,43+,44-,45-,46?,49-/m1/s1. The van der Waals surface area contributed by atoms with E-state index in [0.29, 0.717) is 62.9 Å². The lowest BCUT2D eigenvalue weighted by atomic mass is 9.81. The molecule has 16 atom stereocenters. The van der Waals surface area contributed by atoms with Crippen molar-refractivity contribution in [3.63, 3.8) is 0 Å². The third-order valence-electron chi connectivity index (χ3n) is 14.4. The zero-order valence-corrected chi connectivity index (χ0v) is 39.4. The molecule has 3 fully saturated rings. The molecule has 0 aromatic carbocycles. The number of fused-ring (bicyclic) bond motifs is 3. The van der Waals surface area contributed by atoms with Gasteiger partial charge in [0.2, 0.25) is 5.79 Å². The molecule has 354 valence electrons. The predicted molar refractivity (Wildman–Crippen MR) is 237 cm³/mol. The third-order valence-corrected chi connectivity index (χ3v) is 14.4. The van der Waals surface area contributed by atoms with Crippen LogP contribution in [0, 0.1) is 35.5 Å². The molecule has 0 aromatic heterocycles. The molecule has 1 amide bonds. The van der Waals surface area contributed by atoms with E-state index in [0.717, 1.165) is 18.4 Å². The smallest absolute Gasteiger partial charge is 0.329 e. The zero-order valence-electron chi connectivity index (χ0n) is 39.4. The first-order valence-electron chi connectivity index (χ1n) is 23.5. The Kier molecular flexibility index (Phi) is 20.3. The van der Waals surface area contributed by atoms with Gasteiger partial charge in [-0.2, -0.15) is 0 Å². The number of aliphatic hydroxyl groups is 4. The van der Waals surface area contributed by atoms with Gasteiger partial charge >= 0.3 is 5.97 Å². The number of amides is 1. The number of ketones is 1. The average molecular weight is 876 g/mol. The number of carbonyl (C=O) groups is 3. The molecule has 2 saturated heterocycles. The van der Waals surface area contributed by atoms with Crippen molar-refractivity contribution < 1.29 is 58.5 Å². The molecule has 4 aliphatic rings. The highest BCUT2D eigenvalue weighted by atomic mass is 16.7. The van der Waals surface area contributed by atoms with E-state index in [1.807, 2.05) is 26.0 Å². The van der Waals surface area contributed by atoms with Gasteiger partial charge in [-0.3, -0.25) is 9.59 Å². The fourth-order valence-corrected chi connectivity index (χ4v) is 10.1. The molecule has 4 N–H and O–H groups in total. The van der Waals surface area contributed by atoms with Gasteiger partial charge in [-0.05, 0) is 108 Å². The maximum Gasteiger partial charge on any atom is 0.329 e. The fraction of sp³-hybridized carbons (Fsp3) is 0.816. The molecule has 1 aliphatic carbocycles. The van der Waals surface area contributed by atoms with Crippen LogP contribution >= 0.6 is 0 Å². The summed E-state index contributed by atoms with van der Waals surface area (Å²) in [7, 11) is 4.70. The summed E-state index contributed by atoms with van der Waals surface area (Å²) in [6.45, 7) is 13.9. The second kappa shape index (κ2) is 24.2. The average Bonchev–Trinajstić information content (AvgIpc) is 3.25. The first kappa shape index (κ1) is 52.1. The van der Waals surface area contributed by atoms with Crippen LogP contribution in [0.5, 0.6) is 0 Å². The number of esters is 1. The number of carbonyl (C=O) groups excluding carboxylic acids is 3. The number of allylic oxidation sites excluding steroid dienone is 5. The number of rotatable bonds is 10. The summed E-state index contributed by atoms with van der Waals surface area (Å²) >= 11 is 0. The summed E-state index contributed by atoms with van der Waals surface area (Å²) < 4.78 is 30.2. The van der Waals surface area contributed by atoms with Gasteiger partial charge in [0.25, 0.3) is 5.91 Å². The maximum atomic E-state index is 14.5. The summed E-state index contributed by atoms with van der Waals surface area (Å²) in [4.78, 5) is 44.5. The number of aliphatic hydroxyl groups excluding tert-OH is 3. The van der Waals surface area contributed by atoms with Crippen molar-refractivity contribution in [1.82, 2.24) is 4.90 Å². The minimum Gasteiger partial charge on any atom is -0.456 e. The minimum absolute atomic E-state index is 0.000588. The monoisotopic (exact) mass is 876 g/mol. The summed E-state index contributed by atoms with van der Waals surface area (Å²) in [5.74, 6) is -5.39. The van der Waals surface area contributed by atoms with Gasteiger partial charge in [0.1, 0.15) is 24.0 Å². The molecule has 0 spiro atoms. The molecule has 0 radical (unpaired) electrons. The van der Waals surface area contributed by atoms with Crippen LogP contribution in [0.15, 0.2) is 35.5 Å². The van der Waals surface area contributed by atoms with E-state index < -0.39 is 84.2 Å². The van der Waals surface area contributed by atoms with Crippen molar-refractivity contribution in [3.05, 3.63) is 35.5 Å². The van der Waals surface area contributed by atoms with Gasteiger partial charge in [0.15, 0.2) is 6.10 Å². The van der Waals surface area contributed by atoms with E-state index >= 15 is 0 Å². The maximum absolute atomic E-state index is 14.5. The molecule has 1 saturated carbocycles. The van der Waals surface area contributed by atoms with Crippen molar-refractivity contribution in [1.29, 1.82) is 0 Å². The van der Waals surface area contributed by atoms with E-state index in [4.69, 9.17) is 23.7 Å². The molecule has 4 rings (SSSR count). The topological polar surface area (TPSA) is 182 Å². The predicted octanol–water partition coefficient (Wildman–Crippen LogP) is 6.24. The van der Waals surface area contributed by atoms with Gasteiger partial charge in [0, 0.05) is 52.0 Å². The molecule has 13 nitrogen and oxygen atoms in total. The Morgan fingerprint density at radius 3 is 2.26 bits per heavy atom. The largest absolute Gasteiger partial charge is 0.456 e. The first-order chi connectivity index (χ1) is 29.4. The van der Waals surface area contributed by atoms with Crippen molar-refractivity contribution in [3.8, 4) is 0 Å².